The van der Waals surface area contributed by atoms with Crippen LogP contribution in [0.1, 0.15) is 13.3 Å². The van der Waals surface area contributed by atoms with Crippen LogP contribution in [0.4, 0.5) is 0 Å². The molecular weight excluding hydrogens is 339 g/mol. The Bertz CT molecular complexity index is 73.0. The van der Waals surface area contributed by atoms with Gasteiger partial charge in [0.05, 0.1) is 0 Å². The molecule has 0 heterocycles. The van der Waals surface area contributed by atoms with Gasteiger partial charge < -0.3 is 24.0 Å². The number of hydrogen-bond acceptors (Lipinski definition) is 0. The molecule has 0 atom stereocenters. The Morgan fingerprint density at radius 3 is 1.89 bits per heavy atom. The monoisotopic (exact) mass is 354 g/mol. The van der Waals surface area contributed by atoms with Gasteiger partial charge in [-0.25, -0.2) is 0 Å². The van der Waals surface area contributed by atoms with E-state index in [9.17, 15) is 0 Å². The Kier molecular flexibility index (Phi) is 12.7. The van der Waals surface area contributed by atoms with Crippen molar-refractivity contribution in [3.63, 3.8) is 0 Å². The molecule has 0 saturated carbocycles. The van der Waals surface area contributed by atoms with Crippen molar-refractivity contribution in [1.82, 2.24) is 0 Å². The van der Waals surface area contributed by atoms with Crippen molar-refractivity contribution in [2.24, 2.45) is 0 Å². The summed E-state index contributed by atoms with van der Waals surface area (Å²) in [6, 6.07) is 0. The van der Waals surface area contributed by atoms with Crippen LogP contribution in [-0.4, -0.2) is 19.6 Å². The smallest absolute Gasteiger partial charge is 1.00 e. The summed E-state index contributed by atoms with van der Waals surface area (Å²) in [7, 11) is 0. The summed E-state index contributed by atoms with van der Waals surface area (Å²) in [6.07, 6.45) is 1.29. The van der Waals surface area contributed by atoms with E-state index in [1.807, 2.05) is 0 Å². The molecule has 0 amide bonds. The third-order valence-corrected chi connectivity index (χ3v) is 5.82. The Morgan fingerprint density at radius 2 is 1.78 bits per heavy atom. The first-order valence-electron chi connectivity index (χ1n) is 2.78. The van der Waals surface area contributed by atoms with E-state index in [0.717, 1.165) is 0 Å². The molecule has 0 radical (unpaired) electrons. The molecule has 0 spiro atoms. The fourth-order valence-corrected chi connectivity index (χ4v) is 3.16. The maximum Gasteiger partial charge on any atom is -1.00 e. The minimum Gasteiger partial charge on any atom is -1.00 e. The van der Waals surface area contributed by atoms with Crippen molar-refractivity contribution in [2.45, 2.75) is 17.8 Å². The van der Waals surface area contributed by atoms with E-state index in [-0.39, 0.29) is 24.0 Å². The van der Waals surface area contributed by atoms with Gasteiger partial charge in [0.25, 0.3) is 0 Å². The quantitative estimate of drug-likeness (QED) is 0.466. The molecule has 0 aliphatic carbocycles. The third-order valence-electron chi connectivity index (χ3n) is 0.868. The fourth-order valence-electron chi connectivity index (χ4n) is 0.470. The van der Waals surface area contributed by atoms with Crippen LogP contribution in [0.2, 0.25) is 4.47 Å². The molecule has 0 aliphatic rings. The number of hydrogen-bond donors (Lipinski definition) is 0. The van der Waals surface area contributed by atoms with E-state index >= 15 is 0 Å². The minimum absolute atomic E-state index is 0. The van der Waals surface area contributed by atoms with Crippen LogP contribution in [0.15, 0.2) is 21.4 Å². The Morgan fingerprint density at radius 1 is 1.33 bits per heavy atom. The largest absolute Gasteiger partial charge is 1.00 e. The zero-order valence-corrected chi connectivity index (χ0v) is 10.3. The summed E-state index contributed by atoms with van der Waals surface area (Å²) in [5.41, 5.74) is 0. The third kappa shape index (κ3) is 6.89. The molecule has 0 aromatic carbocycles. The zero-order chi connectivity index (χ0) is 6.41. The van der Waals surface area contributed by atoms with Crippen LogP contribution in [0.25, 0.3) is 0 Å². The molecular formula is C7H13ITe. The van der Waals surface area contributed by atoms with E-state index in [1.165, 1.54) is 10.9 Å². The zero-order valence-electron chi connectivity index (χ0n) is 5.77. The van der Waals surface area contributed by atoms with E-state index in [1.54, 1.807) is 0 Å². The number of rotatable bonds is 4. The van der Waals surface area contributed by atoms with Gasteiger partial charge in [-0.3, -0.25) is 0 Å². The van der Waals surface area contributed by atoms with E-state index < -0.39 is 19.6 Å². The van der Waals surface area contributed by atoms with E-state index in [4.69, 9.17) is 0 Å². The van der Waals surface area contributed by atoms with Gasteiger partial charge in [-0.15, -0.1) is 0 Å². The second-order valence-electron chi connectivity index (χ2n) is 1.51. The van der Waals surface area contributed by atoms with Crippen molar-refractivity contribution in [2.75, 3.05) is 0 Å². The SMILES string of the molecule is C=C[Te+](C=C)CCC.[I-]. The van der Waals surface area contributed by atoms with Crippen LogP contribution < -0.4 is 24.0 Å². The van der Waals surface area contributed by atoms with Gasteiger partial charge >= 0.3 is 58.8 Å². The van der Waals surface area contributed by atoms with Gasteiger partial charge in [-0.2, -0.15) is 0 Å². The van der Waals surface area contributed by atoms with Crippen molar-refractivity contribution in [3.05, 3.63) is 21.4 Å². The van der Waals surface area contributed by atoms with Gasteiger partial charge in [-0.05, 0) is 0 Å². The van der Waals surface area contributed by atoms with Crippen molar-refractivity contribution in [1.29, 1.82) is 0 Å². The van der Waals surface area contributed by atoms with E-state index in [0.29, 0.717) is 0 Å². The van der Waals surface area contributed by atoms with Gasteiger partial charge in [0, 0.05) is 0 Å². The summed E-state index contributed by atoms with van der Waals surface area (Å²) in [6.45, 7) is 9.72. The van der Waals surface area contributed by atoms with Crippen LogP contribution in [-0.2, 0) is 0 Å². The Hall–Kier alpha value is 1.000. The first-order chi connectivity index (χ1) is 3.85. The molecule has 0 fully saturated rings. The predicted molar refractivity (Wildman–Crippen MR) is 41.2 cm³/mol. The maximum absolute atomic E-state index is 3.75. The summed E-state index contributed by atoms with van der Waals surface area (Å²) in [4.78, 5) is 0. The van der Waals surface area contributed by atoms with Crippen LogP contribution in [0, 0.1) is 0 Å². The average Bonchev–Trinajstić information content (AvgIpc) is 1.83. The molecule has 0 aliphatic heterocycles. The Labute approximate surface area is 82.1 Å². The first-order valence-corrected chi connectivity index (χ1v) is 7.12. The Balaban J connectivity index is 0. The fraction of sp³-hybridized carbons (Fsp3) is 0.429. The molecule has 0 unspecified atom stereocenters. The van der Waals surface area contributed by atoms with E-state index in [2.05, 4.69) is 28.3 Å². The van der Waals surface area contributed by atoms with Crippen LogP contribution >= 0.6 is 0 Å². The minimum atomic E-state index is -0.931. The summed E-state index contributed by atoms with van der Waals surface area (Å²) in [5, 5.41) is 0. The van der Waals surface area contributed by atoms with Gasteiger partial charge in [-0.1, -0.05) is 0 Å². The molecule has 2 heteroatoms. The standard InChI is InChI=1S/C7H13Te.HI/c1-4-7-8(5-2)6-3;/h5-6H,2-4,7H2,1H3;1H/q+1;/p-1. The predicted octanol–water partition coefficient (Wildman–Crippen LogP) is -0.654. The first kappa shape index (κ1) is 12.7. The van der Waals surface area contributed by atoms with Crippen LogP contribution in [0.3, 0.4) is 0 Å². The van der Waals surface area contributed by atoms with Gasteiger partial charge in [0.2, 0.25) is 0 Å². The molecule has 0 nitrogen and oxygen atoms in total. The topological polar surface area (TPSA) is 0 Å². The van der Waals surface area contributed by atoms with Gasteiger partial charge in [0.15, 0.2) is 0 Å². The molecule has 0 saturated heterocycles. The maximum atomic E-state index is 3.75. The average molecular weight is 352 g/mol. The molecule has 54 valence electrons. The molecule has 0 rings (SSSR count). The molecule has 0 aromatic heterocycles. The van der Waals surface area contributed by atoms with Gasteiger partial charge in [0.1, 0.15) is 0 Å². The summed E-state index contributed by atoms with van der Waals surface area (Å²) in [5.74, 6) is 0. The molecule has 0 bridgehead atoms. The van der Waals surface area contributed by atoms with Crippen molar-refractivity contribution >= 4 is 19.6 Å². The van der Waals surface area contributed by atoms with Crippen molar-refractivity contribution in [3.8, 4) is 0 Å². The number of halogens is 1. The van der Waals surface area contributed by atoms with Crippen molar-refractivity contribution < 1.29 is 24.0 Å². The second-order valence-corrected chi connectivity index (χ2v) is 7.25. The summed E-state index contributed by atoms with van der Waals surface area (Å²) >= 11 is -0.931. The molecule has 9 heavy (non-hydrogen) atoms. The summed E-state index contributed by atoms with van der Waals surface area (Å²) < 4.78 is 5.58. The molecule has 0 N–H and O–H groups in total. The normalized spacial score (nSPS) is 8.22. The molecule has 0 aromatic rings. The van der Waals surface area contributed by atoms with Crippen LogP contribution in [0.5, 0.6) is 0 Å². The second kappa shape index (κ2) is 9.00.